The molecule has 0 radical (unpaired) electrons. The zero-order valence-electron chi connectivity index (χ0n) is 45.2. The maximum Gasteiger partial charge on any atom is 0.352 e. The van der Waals surface area contributed by atoms with E-state index in [1.165, 1.54) is 119 Å². The van der Waals surface area contributed by atoms with Crippen molar-refractivity contribution >= 4 is 71.0 Å². The molecule has 25 heteroatoms. The monoisotopic (exact) mass is 1110 g/mol. The predicted molar refractivity (Wildman–Crippen MR) is 276 cm³/mol. The Morgan fingerprint density at radius 3 is 1.27 bits per heavy atom. The van der Waals surface area contributed by atoms with Crippen molar-refractivity contribution in [2.45, 2.75) is 116 Å². The van der Waals surface area contributed by atoms with Crippen LogP contribution in [0.5, 0.6) is 0 Å². The first-order chi connectivity index (χ1) is 36.0. The lowest BCUT2D eigenvalue weighted by atomic mass is 10.0. The number of unbranched alkanes of at least 4 members (excludes halogenated alkanes) is 4. The molecule has 2 fully saturated rings. The molecule has 4 atom stereocenters. The van der Waals surface area contributed by atoms with E-state index in [4.69, 9.17) is 37.9 Å². The summed E-state index contributed by atoms with van der Waals surface area (Å²) in [5.41, 5.74) is 0.102. The number of hydrogen-bond acceptors (Lipinski definition) is 19. The molecule has 0 aromatic carbocycles. The number of nitrogens with one attached hydrogen (secondary N) is 2. The highest BCUT2D eigenvalue weighted by molar-refractivity contribution is 8.00. The Labute approximate surface area is 450 Å². The highest BCUT2D eigenvalue weighted by atomic mass is 32.2. The van der Waals surface area contributed by atoms with Crippen LogP contribution in [0.15, 0.2) is 22.5 Å². The summed E-state index contributed by atoms with van der Waals surface area (Å²) >= 11 is 2.56. The number of fused-ring (bicyclic) bond motifs is 2. The van der Waals surface area contributed by atoms with Gasteiger partial charge in [0.05, 0.1) is 90.7 Å². The Morgan fingerprint density at radius 2 is 0.933 bits per heavy atom. The smallest absolute Gasteiger partial charge is 0.352 e. The number of hydrogen-bond donors (Lipinski definition) is 3. The summed E-state index contributed by atoms with van der Waals surface area (Å²) in [6.07, 6.45) is 11.1. The predicted octanol–water partition coefficient (Wildman–Crippen LogP) is 1.60. The van der Waals surface area contributed by atoms with E-state index >= 15 is 0 Å². The van der Waals surface area contributed by atoms with Crippen molar-refractivity contribution in [3.63, 3.8) is 0 Å². The quantitative estimate of drug-likeness (QED) is 0.0348. The lowest BCUT2D eigenvalue weighted by molar-refractivity contribution is -0.929. The molecule has 428 valence electrons. The van der Waals surface area contributed by atoms with Crippen LogP contribution in [-0.4, -0.2) is 221 Å². The number of quaternary nitrogens is 1. The molecule has 4 aliphatic rings. The molecule has 0 spiro atoms. The van der Waals surface area contributed by atoms with E-state index in [1.54, 1.807) is 14.2 Å². The van der Waals surface area contributed by atoms with E-state index in [9.17, 15) is 48.6 Å². The zero-order chi connectivity index (χ0) is 55.8. The van der Waals surface area contributed by atoms with Gasteiger partial charge in [-0.1, -0.05) is 53.4 Å². The Kier molecular flexibility index (Phi) is 33.3. The van der Waals surface area contributed by atoms with Crippen molar-refractivity contribution in [3.05, 3.63) is 22.5 Å². The van der Waals surface area contributed by atoms with Gasteiger partial charge in [-0.2, -0.15) is 0 Å². The molecule has 75 heavy (non-hydrogen) atoms. The van der Waals surface area contributed by atoms with Crippen LogP contribution in [-0.2, 0) is 76.3 Å². The van der Waals surface area contributed by atoms with Crippen molar-refractivity contribution in [3.8, 4) is 0 Å². The Hall–Kier alpha value is -4.34. The third-order valence-corrected chi connectivity index (χ3v) is 14.7. The van der Waals surface area contributed by atoms with Crippen molar-refractivity contribution in [2.24, 2.45) is 0 Å². The summed E-state index contributed by atoms with van der Waals surface area (Å²) in [6.45, 7) is 19.3. The van der Waals surface area contributed by atoms with Gasteiger partial charge in [0, 0.05) is 50.7 Å². The molecule has 4 rings (SSSR count). The summed E-state index contributed by atoms with van der Waals surface area (Å²) in [4.78, 5) is 96.0. The van der Waals surface area contributed by atoms with Gasteiger partial charge in [-0.05, 0) is 25.7 Å². The van der Waals surface area contributed by atoms with Gasteiger partial charge in [0.1, 0.15) is 55.0 Å². The molecule has 2 unspecified atom stereocenters. The number of carbonyl (C=O) groups is 8. The number of rotatable bonds is 36. The van der Waals surface area contributed by atoms with E-state index in [1.807, 2.05) is 0 Å². The number of nitrogens with zero attached hydrogens (tertiary/aromatic N) is 3. The van der Waals surface area contributed by atoms with Crippen LogP contribution < -0.4 is 15.7 Å². The highest BCUT2D eigenvalue weighted by Gasteiger charge is 2.55. The van der Waals surface area contributed by atoms with Gasteiger partial charge in [-0.3, -0.25) is 38.6 Å². The molecular formula is C50H83N5O18S2. The van der Waals surface area contributed by atoms with Crippen LogP contribution in [0.2, 0.25) is 0 Å². The van der Waals surface area contributed by atoms with Crippen LogP contribution in [0.1, 0.15) is 92.9 Å². The third-order valence-electron chi connectivity index (χ3n) is 12.0. The number of carbonyl (C=O) groups excluding carboxylic acids is 7. The Bertz CT molecular complexity index is 1750. The first-order valence-corrected chi connectivity index (χ1v) is 27.8. The number of amides is 4. The van der Waals surface area contributed by atoms with Crippen molar-refractivity contribution in [1.29, 1.82) is 0 Å². The Morgan fingerprint density at radius 1 is 0.587 bits per heavy atom. The average molecular weight is 1110 g/mol. The van der Waals surface area contributed by atoms with E-state index in [0.717, 1.165) is 9.80 Å². The van der Waals surface area contributed by atoms with E-state index in [-0.39, 0.29) is 68.1 Å². The first-order valence-electron chi connectivity index (χ1n) is 25.7. The lowest BCUT2D eigenvalue weighted by Gasteiger charge is -2.50. The van der Waals surface area contributed by atoms with Crippen molar-refractivity contribution < 1.29 is 90.9 Å². The highest BCUT2D eigenvalue weighted by Crippen LogP contribution is 2.41. The van der Waals surface area contributed by atoms with Crippen molar-refractivity contribution in [1.82, 2.24) is 20.4 Å². The summed E-state index contributed by atoms with van der Waals surface area (Å²) in [5.74, 6) is -5.51. The van der Waals surface area contributed by atoms with Crippen molar-refractivity contribution in [2.75, 3.05) is 131 Å². The van der Waals surface area contributed by atoms with Gasteiger partial charge in [-0.25, -0.2) is 4.79 Å². The molecule has 3 N–H and O–H groups in total. The minimum atomic E-state index is -1.53. The van der Waals surface area contributed by atoms with Crippen LogP contribution in [0.3, 0.4) is 0 Å². The second-order valence-corrected chi connectivity index (χ2v) is 20.1. The number of carboxylic acids is 2. The molecule has 4 amide bonds. The van der Waals surface area contributed by atoms with Gasteiger partial charge in [0.2, 0.25) is 11.8 Å². The van der Waals surface area contributed by atoms with Crippen LogP contribution in [0.4, 0.5) is 0 Å². The molecule has 0 aromatic heterocycles. The summed E-state index contributed by atoms with van der Waals surface area (Å²) in [6, 6.07) is -1.70. The molecule has 4 aliphatic heterocycles. The third kappa shape index (κ3) is 23.0. The summed E-state index contributed by atoms with van der Waals surface area (Å²) in [5, 5.41) is 25.0. The van der Waals surface area contributed by atoms with Crippen LogP contribution in [0, 0.1) is 0 Å². The Balaban J connectivity index is 0.000000400. The maximum atomic E-state index is 12.4. The van der Waals surface area contributed by atoms with E-state index in [0.29, 0.717) is 45.2 Å². The molecule has 2 saturated heterocycles. The second kappa shape index (κ2) is 37.4. The molecule has 0 saturated carbocycles. The summed E-state index contributed by atoms with van der Waals surface area (Å²) < 4.78 is 41.5. The second-order valence-electron chi connectivity index (χ2n) is 17.9. The molecular weight excluding hydrogens is 1020 g/mol. The lowest BCUT2D eigenvalue weighted by Crippen LogP contribution is -2.71. The molecule has 23 nitrogen and oxygen atoms in total. The van der Waals surface area contributed by atoms with E-state index < -0.39 is 70.3 Å². The number of β-lactam (4-membered cyclic amide) rings is 2. The normalized spacial score (nSPS) is 18.8. The zero-order valence-corrected chi connectivity index (χ0v) is 46.9. The molecule has 0 aliphatic carbocycles. The number of methoxy groups -OCH3 is 2. The summed E-state index contributed by atoms with van der Waals surface area (Å²) in [7, 11) is 3.12. The maximum absolute atomic E-state index is 12.4. The fraction of sp³-hybridized carbons (Fsp3) is 0.760. The fourth-order valence-corrected chi connectivity index (χ4v) is 10.7. The minimum Gasteiger partial charge on any atom is -0.543 e. The van der Waals surface area contributed by atoms with Gasteiger partial charge in [-0.15, -0.1) is 23.5 Å². The average Bonchev–Trinajstić information content (AvgIpc) is 3.39. The topological polar surface area (TPSA) is 284 Å². The number of ether oxygens (including phenoxy) is 8. The van der Waals surface area contributed by atoms with Gasteiger partial charge >= 0.3 is 17.9 Å². The van der Waals surface area contributed by atoms with Gasteiger partial charge in [0.25, 0.3) is 11.8 Å². The SMILES string of the molecule is CCCC[N+](CCCC)(CCCC)CCCC.COCCOCCOCC(=O)N[C@@H]1C(=O)N2C(C(=O)O)=C(COC(C)=O)CSC12.COCCOCCOCC(=O)N[C@@H]1C(=O)N2C(C(=O)[O-])=C(COC(C)=O)CSC12. The number of aliphatic carboxylic acids is 2. The van der Waals surface area contributed by atoms with Gasteiger partial charge < -0.3 is 68.0 Å². The standard InChI is InChI=1S/2C17H24N2O9S.C16H36N/c2*1-10(20)28-7-11-9-29-16-13(15(22)19(16)14(11)17(23)24)18-12(21)8-27-6-5-26-4-3-25-2;1-5-9-13-17(14-10-6-2,15-11-7-3)16-12-8-4/h2*13,16H,3-9H2,1-2H3,(H,18,21)(H,23,24);5-16H2,1-4H3/q;;+1/p-1/t2*13-,16?;/m11./s1. The largest absolute Gasteiger partial charge is 0.543 e. The van der Waals surface area contributed by atoms with Crippen LogP contribution >= 0.6 is 23.5 Å². The number of thioether (sulfide) groups is 2. The van der Waals surface area contributed by atoms with Crippen LogP contribution in [0.25, 0.3) is 0 Å². The molecule has 0 aromatic rings. The number of carboxylic acid groups (broad SMARTS) is 2. The van der Waals surface area contributed by atoms with E-state index in [2.05, 4.69) is 38.3 Å². The van der Waals surface area contributed by atoms with Gasteiger partial charge in [0.15, 0.2) is 0 Å². The molecule has 4 heterocycles. The minimum absolute atomic E-state index is 0.197. The molecule has 0 bridgehead atoms. The first kappa shape index (κ1) is 66.8. The number of esters is 2. The fourth-order valence-electron chi connectivity index (χ4n) is 8.08.